The van der Waals surface area contributed by atoms with Crippen molar-refractivity contribution >= 4 is 12.0 Å². The van der Waals surface area contributed by atoms with Crippen molar-refractivity contribution in [3.05, 3.63) is 35.9 Å². The smallest absolute Gasteiger partial charge is 0.330 e. The highest BCUT2D eigenvalue weighted by Gasteiger charge is 2.44. The third kappa shape index (κ3) is 3.63. The Morgan fingerprint density at radius 3 is 2.68 bits per heavy atom. The van der Waals surface area contributed by atoms with E-state index in [0.29, 0.717) is 11.3 Å². The van der Waals surface area contributed by atoms with Crippen LogP contribution in [0, 0.1) is 0 Å². The number of ether oxygens (including phenoxy) is 3. The lowest BCUT2D eigenvalue weighted by atomic mass is 10.1. The standard InChI is InChI=1S/C15H18O7/c1-20-12(17)7-6-9-4-2-3-5-10(9)21-15-14(19)13(18)11(8-16)22-15/h2-7,11,13-16,18-19H,8H2,1H3/b7-6+/t11-,13-,14-,15+/m1/s1. The van der Waals surface area contributed by atoms with Gasteiger partial charge in [-0.3, -0.25) is 0 Å². The van der Waals surface area contributed by atoms with Crippen LogP contribution >= 0.6 is 0 Å². The summed E-state index contributed by atoms with van der Waals surface area (Å²) >= 11 is 0. The van der Waals surface area contributed by atoms with Gasteiger partial charge < -0.3 is 29.5 Å². The quantitative estimate of drug-likeness (QED) is 0.506. The van der Waals surface area contributed by atoms with Gasteiger partial charge in [0.05, 0.1) is 13.7 Å². The molecule has 0 aromatic heterocycles. The van der Waals surface area contributed by atoms with E-state index in [1.54, 1.807) is 24.3 Å². The van der Waals surface area contributed by atoms with Crippen molar-refractivity contribution in [2.45, 2.75) is 24.6 Å². The van der Waals surface area contributed by atoms with Crippen LogP contribution in [0.25, 0.3) is 6.08 Å². The Morgan fingerprint density at radius 2 is 2.05 bits per heavy atom. The fraction of sp³-hybridized carbons (Fsp3) is 0.400. The molecule has 7 nitrogen and oxygen atoms in total. The zero-order valence-electron chi connectivity index (χ0n) is 12.0. The molecule has 1 saturated heterocycles. The van der Waals surface area contributed by atoms with E-state index in [4.69, 9.17) is 14.6 Å². The monoisotopic (exact) mass is 310 g/mol. The van der Waals surface area contributed by atoms with E-state index in [-0.39, 0.29) is 0 Å². The van der Waals surface area contributed by atoms with E-state index in [1.165, 1.54) is 19.3 Å². The van der Waals surface area contributed by atoms with Crippen molar-refractivity contribution in [1.82, 2.24) is 0 Å². The number of methoxy groups -OCH3 is 1. The Balaban J connectivity index is 2.13. The summed E-state index contributed by atoms with van der Waals surface area (Å²) in [6.07, 6.45) is -1.79. The second-order valence-electron chi connectivity index (χ2n) is 4.72. The lowest BCUT2D eigenvalue weighted by molar-refractivity contribution is -0.134. The fourth-order valence-electron chi connectivity index (χ4n) is 2.04. The van der Waals surface area contributed by atoms with Gasteiger partial charge in [0.1, 0.15) is 24.1 Å². The molecule has 7 heteroatoms. The van der Waals surface area contributed by atoms with Crippen LogP contribution in [-0.2, 0) is 14.3 Å². The van der Waals surface area contributed by atoms with Crippen LogP contribution in [0.5, 0.6) is 5.75 Å². The zero-order chi connectivity index (χ0) is 16.1. The van der Waals surface area contributed by atoms with Crippen LogP contribution in [0.4, 0.5) is 0 Å². The maximum Gasteiger partial charge on any atom is 0.330 e. The van der Waals surface area contributed by atoms with E-state index in [9.17, 15) is 15.0 Å². The van der Waals surface area contributed by atoms with Crippen molar-refractivity contribution < 1.29 is 34.3 Å². The highest BCUT2D eigenvalue weighted by Crippen LogP contribution is 2.27. The normalized spacial score (nSPS) is 28.0. The lowest BCUT2D eigenvalue weighted by Gasteiger charge is -2.18. The Hall–Kier alpha value is -1.93. The predicted octanol–water partition coefficient (Wildman–Crippen LogP) is -0.309. The summed E-state index contributed by atoms with van der Waals surface area (Å²) in [5, 5.41) is 28.6. The maximum atomic E-state index is 11.1. The van der Waals surface area contributed by atoms with Gasteiger partial charge in [0, 0.05) is 11.6 Å². The number of rotatable bonds is 5. The van der Waals surface area contributed by atoms with Crippen LogP contribution in [0.2, 0.25) is 0 Å². The largest absolute Gasteiger partial charge is 0.466 e. The molecule has 0 spiro atoms. The number of esters is 1. The first-order chi connectivity index (χ1) is 10.6. The van der Waals surface area contributed by atoms with Gasteiger partial charge >= 0.3 is 5.97 Å². The lowest BCUT2D eigenvalue weighted by Crippen LogP contribution is -2.35. The first kappa shape index (κ1) is 16.4. The van der Waals surface area contributed by atoms with Crippen molar-refractivity contribution in [2.24, 2.45) is 0 Å². The molecular weight excluding hydrogens is 292 g/mol. The number of benzene rings is 1. The molecule has 1 heterocycles. The Bertz CT molecular complexity index is 542. The highest BCUT2D eigenvalue weighted by atomic mass is 16.7. The Labute approximate surface area is 127 Å². The Kier molecular flexibility index (Phi) is 5.51. The predicted molar refractivity (Wildman–Crippen MR) is 75.9 cm³/mol. The number of aliphatic hydroxyl groups is 3. The molecule has 120 valence electrons. The molecule has 0 radical (unpaired) electrons. The van der Waals surface area contributed by atoms with Crippen LogP contribution < -0.4 is 4.74 Å². The van der Waals surface area contributed by atoms with Gasteiger partial charge in [-0.15, -0.1) is 0 Å². The molecule has 0 aliphatic carbocycles. The minimum absolute atomic E-state index is 0.359. The molecular formula is C15H18O7. The second kappa shape index (κ2) is 7.37. The first-order valence-corrected chi connectivity index (χ1v) is 6.71. The van der Waals surface area contributed by atoms with Gasteiger partial charge in [0.15, 0.2) is 0 Å². The van der Waals surface area contributed by atoms with Gasteiger partial charge in [0.25, 0.3) is 0 Å². The van der Waals surface area contributed by atoms with Gasteiger partial charge in [-0.25, -0.2) is 4.79 Å². The van der Waals surface area contributed by atoms with Crippen LogP contribution in [0.15, 0.2) is 30.3 Å². The second-order valence-corrected chi connectivity index (χ2v) is 4.72. The number of carbonyl (C=O) groups excluding carboxylic acids is 1. The average Bonchev–Trinajstić information content (AvgIpc) is 2.81. The fourth-order valence-corrected chi connectivity index (χ4v) is 2.04. The molecule has 0 bridgehead atoms. The summed E-state index contributed by atoms with van der Waals surface area (Å²) in [6, 6.07) is 6.80. The summed E-state index contributed by atoms with van der Waals surface area (Å²) in [6.45, 7) is -0.429. The van der Waals surface area contributed by atoms with E-state index in [1.807, 2.05) is 0 Å². The van der Waals surface area contributed by atoms with Crippen LogP contribution in [-0.4, -0.2) is 59.6 Å². The molecule has 1 aliphatic rings. The van der Waals surface area contributed by atoms with Gasteiger partial charge in [-0.2, -0.15) is 0 Å². The third-order valence-electron chi connectivity index (χ3n) is 3.26. The molecule has 1 aromatic rings. The van der Waals surface area contributed by atoms with Crippen LogP contribution in [0.1, 0.15) is 5.56 Å². The Morgan fingerprint density at radius 1 is 1.32 bits per heavy atom. The van der Waals surface area contributed by atoms with E-state index in [0.717, 1.165) is 0 Å². The number of hydrogen-bond donors (Lipinski definition) is 3. The maximum absolute atomic E-state index is 11.1. The number of hydrogen-bond acceptors (Lipinski definition) is 7. The first-order valence-electron chi connectivity index (χ1n) is 6.71. The topological polar surface area (TPSA) is 105 Å². The summed E-state index contributed by atoms with van der Waals surface area (Å²) in [5.74, 6) is -0.153. The van der Waals surface area contributed by atoms with Crippen LogP contribution in [0.3, 0.4) is 0 Å². The minimum atomic E-state index is -1.28. The molecule has 1 fully saturated rings. The van der Waals surface area contributed by atoms with Crippen molar-refractivity contribution in [3.63, 3.8) is 0 Å². The van der Waals surface area contributed by atoms with Gasteiger partial charge in [-0.05, 0) is 12.1 Å². The van der Waals surface area contributed by atoms with Crippen molar-refractivity contribution in [3.8, 4) is 5.75 Å². The van der Waals surface area contributed by atoms with E-state index in [2.05, 4.69) is 4.74 Å². The highest BCUT2D eigenvalue weighted by molar-refractivity contribution is 5.87. The molecule has 0 unspecified atom stereocenters. The van der Waals surface area contributed by atoms with Crippen molar-refractivity contribution in [2.75, 3.05) is 13.7 Å². The molecule has 3 N–H and O–H groups in total. The summed E-state index contributed by atoms with van der Waals surface area (Å²) in [7, 11) is 1.27. The number of carbonyl (C=O) groups is 1. The van der Waals surface area contributed by atoms with E-state index >= 15 is 0 Å². The van der Waals surface area contributed by atoms with Gasteiger partial charge in [-0.1, -0.05) is 18.2 Å². The molecule has 4 atom stereocenters. The number of aliphatic hydroxyl groups excluding tert-OH is 3. The van der Waals surface area contributed by atoms with E-state index < -0.39 is 37.2 Å². The van der Waals surface area contributed by atoms with Gasteiger partial charge in [0.2, 0.25) is 6.29 Å². The average molecular weight is 310 g/mol. The van der Waals surface area contributed by atoms with Crippen molar-refractivity contribution in [1.29, 1.82) is 0 Å². The molecule has 1 aliphatic heterocycles. The molecule has 2 rings (SSSR count). The summed E-state index contributed by atoms with van der Waals surface area (Å²) in [5.41, 5.74) is 0.575. The summed E-state index contributed by atoms with van der Waals surface area (Å²) < 4.78 is 15.3. The SMILES string of the molecule is COC(=O)/C=C/c1ccccc1O[C@H]1O[C@H](CO)[C@@H](O)[C@H]1O. The molecule has 0 saturated carbocycles. The molecule has 0 amide bonds. The third-order valence-corrected chi connectivity index (χ3v) is 3.26. The zero-order valence-corrected chi connectivity index (χ0v) is 12.0. The molecule has 1 aromatic carbocycles. The molecule has 22 heavy (non-hydrogen) atoms. The number of para-hydroxylation sites is 1. The summed E-state index contributed by atoms with van der Waals surface area (Å²) in [4.78, 5) is 11.1. The minimum Gasteiger partial charge on any atom is -0.466 e.